The van der Waals surface area contributed by atoms with Crippen LogP contribution in [0.3, 0.4) is 0 Å². The summed E-state index contributed by atoms with van der Waals surface area (Å²) in [7, 11) is 0. The van der Waals surface area contributed by atoms with Gasteiger partial charge in [-0.1, -0.05) is 6.07 Å². The van der Waals surface area contributed by atoms with Crippen LogP contribution in [0.25, 0.3) is 17.1 Å². The van der Waals surface area contributed by atoms with Gasteiger partial charge in [0.1, 0.15) is 11.7 Å². The fourth-order valence-corrected chi connectivity index (χ4v) is 3.80. The number of H-pyrrole nitrogens is 2. The van der Waals surface area contributed by atoms with Crippen molar-refractivity contribution < 1.29 is 9.21 Å². The number of hydrogen-bond acceptors (Lipinski definition) is 7. The van der Waals surface area contributed by atoms with Gasteiger partial charge in [-0.25, -0.2) is 9.50 Å². The van der Waals surface area contributed by atoms with E-state index in [0.29, 0.717) is 18.7 Å². The first kappa shape index (κ1) is 16.7. The van der Waals surface area contributed by atoms with Crippen LogP contribution >= 0.6 is 0 Å². The Bertz CT molecular complexity index is 1310. The van der Waals surface area contributed by atoms with Crippen LogP contribution in [0.1, 0.15) is 33.8 Å². The molecule has 1 amide bonds. The third-order valence-corrected chi connectivity index (χ3v) is 5.19. The molecular formula is C19H15N9O2. The molecule has 0 radical (unpaired) electrons. The van der Waals surface area contributed by atoms with Crippen molar-refractivity contribution >= 4 is 11.4 Å². The molecule has 5 aromatic rings. The SMILES string of the molecule is O=C(c1nnc(-c2ccn[nH]2)o1)N1CCc2[nH]cnc2C1c1cc2ccccn2n1. The molecule has 1 aliphatic rings. The molecule has 0 aromatic carbocycles. The molecule has 6 heterocycles. The molecule has 11 nitrogen and oxygen atoms in total. The van der Waals surface area contributed by atoms with Gasteiger partial charge in [0.2, 0.25) is 0 Å². The zero-order valence-corrected chi connectivity index (χ0v) is 15.6. The number of pyridine rings is 1. The van der Waals surface area contributed by atoms with E-state index < -0.39 is 6.04 Å². The molecule has 5 aromatic heterocycles. The van der Waals surface area contributed by atoms with Gasteiger partial charge in [0.15, 0.2) is 0 Å². The number of imidazole rings is 1. The maximum atomic E-state index is 13.3. The summed E-state index contributed by atoms with van der Waals surface area (Å²) in [5.74, 6) is -0.256. The van der Waals surface area contributed by atoms with E-state index in [2.05, 4.69) is 35.5 Å². The number of nitrogens with one attached hydrogen (secondary N) is 2. The molecule has 1 aliphatic heterocycles. The van der Waals surface area contributed by atoms with E-state index in [1.54, 1.807) is 28.0 Å². The third kappa shape index (κ3) is 2.52. The van der Waals surface area contributed by atoms with E-state index in [9.17, 15) is 4.79 Å². The maximum absolute atomic E-state index is 13.3. The molecule has 0 spiro atoms. The van der Waals surface area contributed by atoms with Crippen molar-refractivity contribution in [1.29, 1.82) is 0 Å². The lowest BCUT2D eigenvalue weighted by atomic mass is 9.99. The molecular weight excluding hydrogens is 386 g/mol. The van der Waals surface area contributed by atoms with Crippen molar-refractivity contribution in [3.05, 3.63) is 72.0 Å². The Morgan fingerprint density at radius 2 is 2.20 bits per heavy atom. The Hall–Kier alpha value is -4.28. The summed E-state index contributed by atoms with van der Waals surface area (Å²) >= 11 is 0. The van der Waals surface area contributed by atoms with Crippen LogP contribution in [0.4, 0.5) is 0 Å². The van der Waals surface area contributed by atoms with Crippen molar-refractivity contribution in [1.82, 2.24) is 44.9 Å². The van der Waals surface area contributed by atoms with Crippen LogP contribution in [0.2, 0.25) is 0 Å². The van der Waals surface area contributed by atoms with E-state index in [0.717, 1.165) is 22.6 Å². The smallest absolute Gasteiger partial charge is 0.312 e. The molecule has 0 fully saturated rings. The van der Waals surface area contributed by atoms with E-state index in [4.69, 9.17) is 4.42 Å². The summed E-state index contributed by atoms with van der Waals surface area (Å²) in [4.78, 5) is 22.7. The number of aromatic amines is 2. The molecule has 0 saturated carbocycles. The highest BCUT2D eigenvalue weighted by molar-refractivity contribution is 5.90. The lowest BCUT2D eigenvalue weighted by molar-refractivity contribution is 0.0646. The average molecular weight is 401 g/mol. The Labute approximate surface area is 168 Å². The van der Waals surface area contributed by atoms with E-state index in [1.165, 1.54) is 0 Å². The summed E-state index contributed by atoms with van der Waals surface area (Å²) in [5.41, 5.74) is 3.96. The first-order valence-corrected chi connectivity index (χ1v) is 9.38. The quantitative estimate of drug-likeness (QED) is 0.469. The minimum atomic E-state index is -0.463. The highest BCUT2D eigenvalue weighted by atomic mass is 16.4. The second kappa shape index (κ2) is 6.37. The zero-order chi connectivity index (χ0) is 20.1. The minimum absolute atomic E-state index is 0.0904. The van der Waals surface area contributed by atoms with Crippen LogP contribution in [0, 0.1) is 0 Å². The molecule has 0 saturated heterocycles. The van der Waals surface area contributed by atoms with Gasteiger partial charge in [-0.3, -0.25) is 9.89 Å². The fourth-order valence-electron chi connectivity index (χ4n) is 3.80. The van der Waals surface area contributed by atoms with E-state index in [1.807, 2.05) is 30.5 Å². The van der Waals surface area contributed by atoms with Crippen LogP contribution in [0.15, 0.2) is 53.5 Å². The summed E-state index contributed by atoms with van der Waals surface area (Å²) in [6, 6.07) is 9.00. The Morgan fingerprint density at radius 3 is 3.07 bits per heavy atom. The number of fused-ring (bicyclic) bond motifs is 2. The number of aromatic nitrogens is 8. The van der Waals surface area contributed by atoms with Crippen molar-refractivity contribution in [3.8, 4) is 11.6 Å². The normalized spacial score (nSPS) is 16.1. The molecule has 1 unspecified atom stereocenters. The van der Waals surface area contributed by atoms with Crippen molar-refractivity contribution in [2.45, 2.75) is 12.5 Å². The van der Waals surface area contributed by atoms with Crippen LogP contribution in [-0.2, 0) is 6.42 Å². The van der Waals surface area contributed by atoms with Gasteiger partial charge in [0, 0.05) is 31.1 Å². The molecule has 2 N–H and O–H groups in total. The van der Waals surface area contributed by atoms with Gasteiger partial charge in [0.25, 0.3) is 5.89 Å². The molecule has 0 bridgehead atoms. The highest BCUT2D eigenvalue weighted by Crippen LogP contribution is 2.34. The van der Waals surface area contributed by atoms with E-state index in [-0.39, 0.29) is 17.7 Å². The minimum Gasteiger partial charge on any atom is -0.411 e. The molecule has 148 valence electrons. The van der Waals surface area contributed by atoms with Crippen molar-refractivity contribution in [3.63, 3.8) is 0 Å². The molecule has 1 atom stereocenters. The first-order valence-electron chi connectivity index (χ1n) is 9.38. The maximum Gasteiger partial charge on any atom is 0.312 e. The van der Waals surface area contributed by atoms with Gasteiger partial charge < -0.3 is 14.3 Å². The third-order valence-electron chi connectivity index (χ3n) is 5.19. The largest absolute Gasteiger partial charge is 0.411 e. The first-order chi connectivity index (χ1) is 14.8. The van der Waals surface area contributed by atoms with E-state index >= 15 is 0 Å². The lowest BCUT2D eigenvalue weighted by Crippen LogP contribution is -2.41. The fraction of sp³-hybridized carbons (Fsp3) is 0.158. The van der Waals surface area contributed by atoms with Crippen molar-refractivity contribution in [2.75, 3.05) is 6.54 Å². The number of carbonyl (C=O) groups is 1. The van der Waals surface area contributed by atoms with Crippen LogP contribution in [0.5, 0.6) is 0 Å². The van der Waals surface area contributed by atoms with Gasteiger partial charge >= 0.3 is 11.8 Å². The molecule has 11 heteroatoms. The standard InChI is InChI=1S/C19H15N9O2/c29-19(18-25-24-17(30-18)13-4-6-22-23-13)27-8-5-12-15(21-10-20-12)16(27)14-9-11-3-1-2-7-28(11)26-14/h1-4,6-7,9-10,16H,5,8H2,(H,20,21)(H,22,23). The number of nitrogens with zero attached hydrogens (tertiary/aromatic N) is 7. The predicted molar refractivity (Wildman–Crippen MR) is 102 cm³/mol. The lowest BCUT2D eigenvalue weighted by Gasteiger charge is -2.32. The summed E-state index contributed by atoms with van der Waals surface area (Å²) in [6.07, 6.45) is 5.73. The summed E-state index contributed by atoms with van der Waals surface area (Å²) in [5, 5.41) is 19.2. The number of carbonyl (C=O) groups excluding carboxylic acids is 1. The zero-order valence-electron chi connectivity index (χ0n) is 15.6. The monoisotopic (exact) mass is 401 g/mol. The number of amides is 1. The van der Waals surface area contributed by atoms with Crippen LogP contribution in [-0.4, -0.2) is 57.3 Å². The molecule has 30 heavy (non-hydrogen) atoms. The average Bonchev–Trinajstić information content (AvgIpc) is 3.56. The summed E-state index contributed by atoms with van der Waals surface area (Å²) < 4.78 is 7.40. The Balaban J connectivity index is 1.41. The second-order valence-corrected chi connectivity index (χ2v) is 6.94. The highest BCUT2D eigenvalue weighted by Gasteiger charge is 2.38. The van der Waals surface area contributed by atoms with Gasteiger partial charge in [-0.15, -0.1) is 10.2 Å². The topological polar surface area (TPSA) is 134 Å². The van der Waals surface area contributed by atoms with Gasteiger partial charge in [0.05, 0.1) is 23.2 Å². The van der Waals surface area contributed by atoms with Crippen molar-refractivity contribution in [2.24, 2.45) is 0 Å². The molecule has 6 rings (SSSR count). The summed E-state index contributed by atoms with van der Waals surface area (Å²) in [6.45, 7) is 0.467. The molecule has 0 aliphatic carbocycles. The Morgan fingerprint density at radius 1 is 1.23 bits per heavy atom. The number of rotatable bonds is 3. The Kier molecular flexibility index (Phi) is 3.54. The van der Waals surface area contributed by atoms with Crippen LogP contribution < -0.4 is 0 Å². The van der Waals surface area contributed by atoms with Gasteiger partial charge in [-0.2, -0.15) is 10.2 Å². The second-order valence-electron chi connectivity index (χ2n) is 6.94. The predicted octanol–water partition coefficient (Wildman–Crippen LogP) is 1.62. The number of hydrogen-bond donors (Lipinski definition) is 2. The van der Waals surface area contributed by atoms with Gasteiger partial charge in [-0.05, 0) is 24.3 Å².